The van der Waals surface area contributed by atoms with E-state index in [-0.39, 0.29) is 5.91 Å². The van der Waals surface area contributed by atoms with Crippen LogP contribution >= 0.6 is 23.4 Å². The van der Waals surface area contributed by atoms with Crippen molar-refractivity contribution in [1.82, 2.24) is 10.2 Å². The molecule has 1 heterocycles. The lowest BCUT2D eigenvalue weighted by Crippen LogP contribution is -2.11. The van der Waals surface area contributed by atoms with Crippen molar-refractivity contribution in [3.05, 3.63) is 59.6 Å². The van der Waals surface area contributed by atoms with Crippen molar-refractivity contribution in [2.75, 3.05) is 11.1 Å². The normalized spacial score (nSPS) is 10.5. The molecule has 1 N–H and O–H groups in total. The average molecular weight is 360 g/mol. The molecule has 5 nitrogen and oxygen atoms in total. The Morgan fingerprint density at radius 1 is 1.08 bits per heavy atom. The van der Waals surface area contributed by atoms with Crippen molar-refractivity contribution in [2.24, 2.45) is 0 Å². The van der Waals surface area contributed by atoms with Gasteiger partial charge >= 0.3 is 0 Å². The van der Waals surface area contributed by atoms with E-state index in [1.54, 1.807) is 12.1 Å². The van der Waals surface area contributed by atoms with E-state index in [2.05, 4.69) is 15.5 Å². The van der Waals surface area contributed by atoms with Crippen LogP contribution in [0.5, 0.6) is 0 Å². The summed E-state index contributed by atoms with van der Waals surface area (Å²) in [7, 11) is 0. The van der Waals surface area contributed by atoms with Gasteiger partial charge in [0.1, 0.15) is 0 Å². The summed E-state index contributed by atoms with van der Waals surface area (Å²) in [4.78, 5) is 11.9. The zero-order chi connectivity index (χ0) is 16.8. The molecular weight excluding hydrogens is 346 g/mol. The molecule has 0 fully saturated rings. The van der Waals surface area contributed by atoms with Crippen molar-refractivity contribution < 1.29 is 9.21 Å². The van der Waals surface area contributed by atoms with Crippen LogP contribution in [-0.2, 0) is 4.79 Å². The number of rotatable bonds is 6. The lowest BCUT2D eigenvalue weighted by molar-refractivity contribution is -0.115. The topological polar surface area (TPSA) is 68.0 Å². The molecule has 0 aliphatic heterocycles. The number of nitrogens with one attached hydrogen (secondary N) is 1. The van der Waals surface area contributed by atoms with E-state index in [0.717, 1.165) is 11.3 Å². The van der Waals surface area contributed by atoms with Crippen molar-refractivity contribution in [3.63, 3.8) is 0 Å². The lowest BCUT2D eigenvalue weighted by atomic mass is 10.2. The van der Waals surface area contributed by atoms with Gasteiger partial charge in [0.05, 0.1) is 0 Å². The highest BCUT2D eigenvalue weighted by molar-refractivity contribution is 7.99. The van der Waals surface area contributed by atoms with Crippen LogP contribution in [0.15, 0.2) is 64.2 Å². The van der Waals surface area contributed by atoms with Gasteiger partial charge in [-0.15, -0.1) is 10.2 Å². The number of nitrogens with zero attached hydrogens (tertiary/aromatic N) is 2. The fourth-order valence-corrected chi connectivity index (χ4v) is 2.78. The van der Waals surface area contributed by atoms with Crippen LogP contribution in [0.4, 0.5) is 5.69 Å². The van der Waals surface area contributed by atoms with Crippen LogP contribution in [0.2, 0.25) is 5.02 Å². The minimum absolute atomic E-state index is 0.0499. The maximum atomic E-state index is 11.9. The Morgan fingerprint density at radius 3 is 2.58 bits per heavy atom. The van der Waals surface area contributed by atoms with Crippen LogP contribution in [0.3, 0.4) is 0 Å². The average Bonchev–Trinajstić information content (AvgIpc) is 3.05. The number of hydrogen-bond donors (Lipinski definition) is 1. The van der Waals surface area contributed by atoms with E-state index >= 15 is 0 Å². The molecule has 0 aliphatic carbocycles. The van der Waals surface area contributed by atoms with Crippen molar-refractivity contribution in [3.8, 4) is 11.5 Å². The van der Waals surface area contributed by atoms with Crippen LogP contribution in [0.25, 0.3) is 11.5 Å². The fraction of sp³-hybridized carbons (Fsp3) is 0.118. The van der Waals surface area contributed by atoms with E-state index in [0.29, 0.717) is 28.3 Å². The summed E-state index contributed by atoms with van der Waals surface area (Å²) in [6, 6.07) is 16.5. The molecule has 3 aromatic rings. The third-order valence-corrected chi connectivity index (χ3v) is 4.18. The number of carbonyl (C=O) groups is 1. The first kappa shape index (κ1) is 16.5. The number of para-hydroxylation sites is 1. The lowest BCUT2D eigenvalue weighted by Gasteiger charge is -2.03. The summed E-state index contributed by atoms with van der Waals surface area (Å²) in [6.07, 6.45) is 0.359. The third-order valence-electron chi connectivity index (χ3n) is 3.11. The van der Waals surface area contributed by atoms with Crippen molar-refractivity contribution in [2.45, 2.75) is 11.6 Å². The molecule has 7 heteroatoms. The summed E-state index contributed by atoms with van der Waals surface area (Å²) in [6.45, 7) is 0. The first-order valence-electron chi connectivity index (χ1n) is 7.28. The Kier molecular flexibility index (Phi) is 5.51. The van der Waals surface area contributed by atoms with E-state index < -0.39 is 0 Å². The number of carbonyl (C=O) groups excluding carboxylic acids is 1. The van der Waals surface area contributed by atoms with E-state index in [1.807, 2.05) is 42.5 Å². The van der Waals surface area contributed by atoms with E-state index in [4.69, 9.17) is 16.0 Å². The minimum Gasteiger partial charge on any atom is -0.411 e. The van der Waals surface area contributed by atoms with Gasteiger partial charge in [0.15, 0.2) is 0 Å². The van der Waals surface area contributed by atoms with Crippen LogP contribution in [-0.4, -0.2) is 21.9 Å². The Hall–Kier alpha value is -2.31. The molecule has 0 unspecified atom stereocenters. The summed E-state index contributed by atoms with van der Waals surface area (Å²) >= 11 is 7.20. The summed E-state index contributed by atoms with van der Waals surface area (Å²) in [5, 5.41) is 11.9. The van der Waals surface area contributed by atoms with Gasteiger partial charge in [-0.05, 0) is 36.4 Å². The summed E-state index contributed by atoms with van der Waals surface area (Å²) in [5.74, 6) is 0.940. The Balaban J connectivity index is 1.49. The predicted octanol–water partition coefficient (Wildman–Crippen LogP) is 4.51. The molecule has 0 aliphatic rings. The van der Waals surface area contributed by atoms with Crippen LogP contribution in [0.1, 0.15) is 6.42 Å². The fourth-order valence-electron chi connectivity index (χ4n) is 1.95. The zero-order valence-electron chi connectivity index (χ0n) is 12.6. The van der Waals surface area contributed by atoms with E-state index in [1.165, 1.54) is 11.8 Å². The molecule has 1 amide bonds. The molecule has 24 heavy (non-hydrogen) atoms. The number of halogens is 1. The van der Waals surface area contributed by atoms with Gasteiger partial charge in [0.2, 0.25) is 11.8 Å². The molecular formula is C17H14ClN3O2S. The number of amides is 1. The molecule has 0 bridgehead atoms. The third kappa shape index (κ3) is 4.59. The van der Waals surface area contributed by atoms with Gasteiger partial charge in [-0.3, -0.25) is 4.79 Å². The predicted molar refractivity (Wildman–Crippen MR) is 95.2 cm³/mol. The highest BCUT2D eigenvalue weighted by Crippen LogP contribution is 2.24. The first-order valence-corrected chi connectivity index (χ1v) is 8.64. The quantitative estimate of drug-likeness (QED) is 0.656. The van der Waals surface area contributed by atoms with Crippen molar-refractivity contribution >= 4 is 35.0 Å². The minimum atomic E-state index is -0.0499. The Morgan fingerprint density at radius 2 is 1.83 bits per heavy atom. The monoisotopic (exact) mass is 359 g/mol. The number of aromatic nitrogens is 2. The summed E-state index contributed by atoms with van der Waals surface area (Å²) in [5.41, 5.74) is 1.59. The molecule has 0 saturated carbocycles. The molecule has 2 aromatic carbocycles. The van der Waals surface area contributed by atoms with Gasteiger partial charge in [0, 0.05) is 28.4 Å². The van der Waals surface area contributed by atoms with Gasteiger partial charge < -0.3 is 9.73 Å². The van der Waals surface area contributed by atoms with Crippen molar-refractivity contribution in [1.29, 1.82) is 0 Å². The SMILES string of the molecule is O=C(CCSc1nnc(-c2ccc(Cl)cc2)o1)Nc1ccccc1. The number of benzene rings is 2. The molecule has 3 rings (SSSR count). The molecule has 0 atom stereocenters. The highest BCUT2D eigenvalue weighted by Gasteiger charge is 2.10. The van der Waals surface area contributed by atoms with E-state index in [9.17, 15) is 4.79 Å². The molecule has 0 radical (unpaired) electrons. The second-order valence-corrected chi connectivity index (χ2v) is 6.38. The largest absolute Gasteiger partial charge is 0.411 e. The molecule has 0 spiro atoms. The maximum absolute atomic E-state index is 11.9. The van der Waals surface area contributed by atoms with Gasteiger partial charge in [-0.1, -0.05) is 41.6 Å². The Bertz CT molecular complexity index is 806. The summed E-state index contributed by atoms with van der Waals surface area (Å²) < 4.78 is 5.58. The van der Waals surface area contributed by atoms with Gasteiger partial charge in [-0.2, -0.15) is 0 Å². The number of anilines is 1. The number of hydrogen-bond acceptors (Lipinski definition) is 5. The molecule has 0 saturated heterocycles. The van der Waals surface area contributed by atoms with Gasteiger partial charge in [0.25, 0.3) is 5.22 Å². The molecule has 1 aromatic heterocycles. The first-order chi connectivity index (χ1) is 11.7. The number of thioether (sulfide) groups is 1. The smallest absolute Gasteiger partial charge is 0.276 e. The second-order valence-electron chi connectivity index (χ2n) is 4.89. The van der Waals surface area contributed by atoms with Gasteiger partial charge in [-0.25, -0.2) is 0 Å². The second kappa shape index (κ2) is 7.99. The standard InChI is InChI=1S/C17H14ClN3O2S/c18-13-8-6-12(7-9-13)16-20-21-17(23-16)24-11-10-15(22)19-14-4-2-1-3-5-14/h1-9H,10-11H2,(H,19,22). The zero-order valence-corrected chi connectivity index (χ0v) is 14.2. The maximum Gasteiger partial charge on any atom is 0.276 e. The molecule has 122 valence electrons. The van der Waals surface area contributed by atoms with Crippen LogP contribution < -0.4 is 5.32 Å². The Labute approximate surface area is 148 Å². The van der Waals surface area contributed by atoms with Crippen LogP contribution in [0, 0.1) is 0 Å². The highest BCUT2D eigenvalue weighted by atomic mass is 35.5.